The summed E-state index contributed by atoms with van der Waals surface area (Å²) in [5, 5.41) is 3.40. The minimum Gasteiger partial charge on any atom is -0.341 e. The number of amides is 1. The van der Waals surface area contributed by atoms with Crippen LogP contribution >= 0.6 is 0 Å². The van der Waals surface area contributed by atoms with E-state index in [2.05, 4.69) is 22.2 Å². The number of nitrogens with zero attached hydrogens (tertiary/aromatic N) is 2. The first-order valence-corrected chi connectivity index (χ1v) is 7.39. The second-order valence-corrected chi connectivity index (χ2v) is 6.35. The Bertz CT molecular complexity index is 319. The number of rotatable bonds is 1. The van der Waals surface area contributed by atoms with Gasteiger partial charge in [-0.15, -0.1) is 0 Å². The number of hydrogen-bond donors (Lipinski definition) is 1. The van der Waals surface area contributed by atoms with Crippen molar-refractivity contribution in [3.8, 4) is 0 Å². The quantitative estimate of drug-likeness (QED) is 0.739. The Labute approximate surface area is 110 Å². The molecule has 0 aromatic carbocycles. The summed E-state index contributed by atoms with van der Waals surface area (Å²) in [5.41, 5.74) is 0.389. The van der Waals surface area contributed by atoms with Crippen molar-refractivity contribution in [3.05, 3.63) is 0 Å². The predicted octanol–water partition coefficient (Wildman–Crippen LogP) is 0.540. The maximum Gasteiger partial charge on any atom is 0.226 e. The molecule has 0 radical (unpaired) electrons. The average molecular weight is 251 g/mol. The van der Waals surface area contributed by atoms with Gasteiger partial charge in [0.25, 0.3) is 0 Å². The standard InChI is InChI=1S/C14H25N3O/c1-16-7-2-8-17(10-9-16)13(18)12-11-14(12)3-5-15-6-4-14/h12,15H,2-11H2,1H3/t12-/m0/s1. The first kappa shape index (κ1) is 12.4. The molecule has 0 bridgehead atoms. The molecule has 1 spiro atoms. The summed E-state index contributed by atoms with van der Waals surface area (Å²) < 4.78 is 0. The maximum atomic E-state index is 12.6. The van der Waals surface area contributed by atoms with E-state index >= 15 is 0 Å². The van der Waals surface area contributed by atoms with Crippen molar-refractivity contribution in [1.29, 1.82) is 0 Å². The van der Waals surface area contributed by atoms with Crippen molar-refractivity contribution < 1.29 is 4.79 Å². The van der Waals surface area contributed by atoms with E-state index in [1.165, 1.54) is 12.8 Å². The van der Waals surface area contributed by atoms with E-state index in [0.29, 0.717) is 17.2 Å². The molecule has 102 valence electrons. The second-order valence-electron chi connectivity index (χ2n) is 6.35. The second kappa shape index (κ2) is 4.82. The van der Waals surface area contributed by atoms with Gasteiger partial charge in [-0.25, -0.2) is 0 Å². The smallest absolute Gasteiger partial charge is 0.226 e. The van der Waals surface area contributed by atoms with Gasteiger partial charge in [-0.05, 0) is 57.8 Å². The molecule has 0 unspecified atom stereocenters. The van der Waals surface area contributed by atoms with Crippen LogP contribution in [0.15, 0.2) is 0 Å². The number of carbonyl (C=O) groups is 1. The van der Waals surface area contributed by atoms with E-state index < -0.39 is 0 Å². The number of piperidine rings is 1. The molecule has 0 aromatic rings. The van der Waals surface area contributed by atoms with Crippen molar-refractivity contribution in [2.75, 3.05) is 46.3 Å². The van der Waals surface area contributed by atoms with E-state index in [1.54, 1.807) is 0 Å². The van der Waals surface area contributed by atoms with E-state index in [4.69, 9.17) is 0 Å². The molecular formula is C14H25N3O. The zero-order chi connectivity index (χ0) is 12.6. The molecule has 4 nitrogen and oxygen atoms in total. The fraction of sp³-hybridized carbons (Fsp3) is 0.929. The van der Waals surface area contributed by atoms with E-state index in [9.17, 15) is 4.79 Å². The highest BCUT2D eigenvalue weighted by Crippen LogP contribution is 2.59. The summed E-state index contributed by atoms with van der Waals surface area (Å²) in [6.45, 7) is 6.27. The van der Waals surface area contributed by atoms with Gasteiger partial charge in [-0.1, -0.05) is 0 Å². The third kappa shape index (κ3) is 2.28. The summed E-state index contributed by atoms with van der Waals surface area (Å²) in [6, 6.07) is 0. The monoisotopic (exact) mass is 251 g/mol. The number of hydrogen-bond acceptors (Lipinski definition) is 3. The van der Waals surface area contributed by atoms with Crippen molar-refractivity contribution in [1.82, 2.24) is 15.1 Å². The molecule has 1 atom stereocenters. The zero-order valence-corrected chi connectivity index (χ0v) is 11.5. The Balaban J connectivity index is 1.58. The van der Waals surface area contributed by atoms with E-state index in [1.807, 2.05) is 0 Å². The summed E-state index contributed by atoms with van der Waals surface area (Å²) in [4.78, 5) is 17.0. The minimum absolute atomic E-state index is 0.350. The van der Waals surface area contributed by atoms with Gasteiger partial charge in [0.1, 0.15) is 0 Å². The van der Waals surface area contributed by atoms with Gasteiger partial charge in [0.15, 0.2) is 0 Å². The molecule has 1 saturated carbocycles. The maximum absolute atomic E-state index is 12.6. The summed E-state index contributed by atoms with van der Waals surface area (Å²) >= 11 is 0. The molecule has 3 fully saturated rings. The van der Waals surface area contributed by atoms with Crippen LogP contribution in [0.1, 0.15) is 25.7 Å². The average Bonchev–Trinajstić information content (AvgIpc) is 3.10. The molecule has 2 saturated heterocycles. The lowest BCUT2D eigenvalue weighted by atomic mass is 9.91. The molecule has 2 heterocycles. The highest BCUT2D eigenvalue weighted by Gasteiger charge is 2.58. The molecule has 1 amide bonds. The van der Waals surface area contributed by atoms with Crippen LogP contribution in [0.5, 0.6) is 0 Å². The fourth-order valence-electron chi connectivity index (χ4n) is 3.66. The van der Waals surface area contributed by atoms with Crippen LogP contribution in [-0.4, -0.2) is 62.0 Å². The number of carbonyl (C=O) groups excluding carboxylic acids is 1. The van der Waals surface area contributed by atoms with Crippen molar-refractivity contribution >= 4 is 5.91 Å². The van der Waals surface area contributed by atoms with E-state index in [0.717, 1.165) is 52.1 Å². The third-order valence-electron chi connectivity index (χ3n) is 5.12. The summed E-state index contributed by atoms with van der Waals surface area (Å²) in [5.74, 6) is 0.801. The Morgan fingerprint density at radius 3 is 2.72 bits per heavy atom. The van der Waals surface area contributed by atoms with Gasteiger partial charge in [0, 0.05) is 25.6 Å². The van der Waals surface area contributed by atoms with Crippen LogP contribution in [0.2, 0.25) is 0 Å². The van der Waals surface area contributed by atoms with Gasteiger partial charge in [0.05, 0.1) is 0 Å². The summed E-state index contributed by atoms with van der Waals surface area (Å²) in [7, 11) is 2.15. The lowest BCUT2D eigenvalue weighted by Gasteiger charge is -2.26. The van der Waals surface area contributed by atoms with Crippen molar-refractivity contribution in [2.24, 2.45) is 11.3 Å². The molecule has 3 rings (SSSR count). The molecule has 0 aromatic heterocycles. The van der Waals surface area contributed by atoms with Crippen molar-refractivity contribution in [3.63, 3.8) is 0 Å². The highest BCUT2D eigenvalue weighted by molar-refractivity contribution is 5.82. The molecule has 4 heteroatoms. The fourth-order valence-corrected chi connectivity index (χ4v) is 3.66. The highest BCUT2D eigenvalue weighted by atomic mass is 16.2. The predicted molar refractivity (Wildman–Crippen MR) is 71.3 cm³/mol. The lowest BCUT2D eigenvalue weighted by molar-refractivity contribution is -0.133. The van der Waals surface area contributed by atoms with Crippen LogP contribution in [0.4, 0.5) is 0 Å². The largest absolute Gasteiger partial charge is 0.341 e. The summed E-state index contributed by atoms with van der Waals surface area (Å²) in [6.07, 6.45) is 4.69. The van der Waals surface area contributed by atoms with Crippen LogP contribution in [0.25, 0.3) is 0 Å². The third-order valence-corrected chi connectivity index (χ3v) is 5.12. The Morgan fingerprint density at radius 1 is 1.17 bits per heavy atom. The molecular weight excluding hydrogens is 226 g/mol. The molecule has 3 aliphatic rings. The first-order chi connectivity index (χ1) is 8.71. The van der Waals surface area contributed by atoms with Gasteiger partial charge in [-0.2, -0.15) is 0 Å². The van der Waals surface area contributed by atoms with Gasteiger partial charge in [-0.3, -0.25) is 4.79 Å². The van der Waals surface area contributed by atoms with Crippen molar-refractivity contribution in [2.45, 2.75) is 25.7 Å². The molecule has 18 heavy (non-hydrogen) atoms. The van der Waals surface area contributed by atoms with Gasteiger partial charge in [0.2, 0.25) is 5.91 Å². The first-order valence-electron chi connectivity index (χ1n) is 7.39. The Hall–Kier alpha value is -0.610. The van der Waals surface area contributed by atoms with Crippen LogP contribution in [0, 0.1) is 11.3 Å². The zero-order valence-electron chi connectivity index (χ0n) is 11.5. The van der Waals surface area contributed by atoms with Gasteiger partial charge >= 0.3 is 0 Å². The molecule has 1 N–H and O–H groups in total. The van der Waals surface area contributed by atoms with Crippen LogP contribution in [-0.2, 0) is 4.79 Å². The van der Waals surface area contributed by atoms with Gasteiger partial charge < -0.3 is 15.1 Å². The number of nitrogens with one attached hydrogen (secondary N) is 1. The Morgan fingerprint density at radius 2 is 1.94 bits per heavy atom. The normalized spacial score (nSPS) is 32.3. The van der Waals surface area contributed by atoms with Crippen LogP contribution in [0.3, 0.4) is 0 Å². The lowest BCUT2D eigenvalue weighted by Crippen LogP contribution is -2.38. The molecule has 2 aliphatic heterocycles. The SMILES string of the molecule is CN1CCCN(C(=O)[C@@H]2CC23CCNCC3)CC1. The van der Waals surface area contributed by atoms with E-state index in [-0.39, 0.29) is 0 Å². The molecule has 1 aliphatic carbocycles. The number of likely N-dealkylation sites (N-methyl/N-ethyl adjacent to an activating group) is 1. The Kier molecular flexibility index (Phi) is 3.32. The van der Waals surface area contributed by atoms with Crippen LogP contribution < -0.4 is 5.32 Å². The topological polar surface area (TPSA) is 35.6 Å². The minimum atomic E-state index is 0.350.